The summed E-state index contributed by atoms with van der Waals surface area (Å²) in [5.41, 5.74) is -0.813. The highest BCUT2D eigenvalue weighted by molar-refractivity contribution is 5.96. The van der Waals surface area contributed by atoms with Crippen LogP contribution in [-0.2, 0) is 11.0 Å². The zero-order valence-corrected chi connectivity index (χ0v) is 11.2. The van der Waals surface area contributed by atoms with Gasteiger partial charge < -0.3 is 5.11 Å². The molecule has 1 saturated carbocycles. The van der Waals surface area contributed by atoms with Gasteiger partial charge in [-0.05, 0) is 37.3 Å². The highest BCUT2D eigenvalue weighted by Crippen LogP contribution is 2.34. The Balaban J connectivity index is 2.03. The molecule has 6 heteroatoms. The SMILES string of the molecule is O=C(C[C@@H]1CC[C@H](C(=O)O)C1)c1cccc(C(F)(F)F)c1. The van der Waals surface area contributed by atoms with Crippen molar-refractivity contribution in [3.05, 3.63) is 35.4 Å². The molecule has 0 radical (unpaired) electrons. The van der Waals surface area contributed by atoms with Crippen molar-refractivity contribution in [2.45, 2.75) is 31.9 Å². The molecule has 0 bridgehead atoms. The summed E-state index contributed by atoms with van der Waals surface area (Å²) in [6.07, 6.45) is -2.80. The second-order valence-electron chi connectivity index (χ2n) is 5.42. The topological polar surface area (TPSA) is 54.4 Å². The van der Waals surface area contributed by atoms with Gasteiger partial charge in [-0.25, -0.2) is 0 Å². The summed E-state index contributed by atoms with van der Waals surface area (Å²) < 4.78 is 37.8. The van der Waals surface area contributed by atoms with E-state index in [1.807, 2.05) is 0 Å². The molecule has 0 amide bonds. The van der Waals surface area contributed by atoms with Crippen LogP contribution in [0.3, 0.4) is 0 Å². The van der Waals surface area contributed by atoms with Gasteiger partial charge in [-0.15, -0.1) is 0 Å². The first-order valence-corrected chi connectivity index (χ1v) is 6.70. The first-order chi connectivity index (χ1) is 9.77. The molecule has 0 saturated heterocycles. The quantitative estimate of drug-likeness (QED) is 0.861. The lowest BCUT2D eigenvalue weighted by atomic mass is 9.95. The predicted molar refractivity (Wildman–Crippen MR) is 68.9 cm³/mol. The minimum atomic E-state index is -4.47. The van der Waals surface area contributed by atoms with E-state index in [0.717, 1.165) is 12.1 Å². The largest absolute Gasteiger partial charge is 0.481 e. The van der Waals surface area contributed by atoms with Crippen LogP contribution in [0.5, 0.6) is 0 Å². The molecule has 0 heterocycles. The van der Waals surface area contributed by atoms with E-state index in [0.29, 0.717) is 19.3 Å². The normalized spacial score (nSPS) is 22.2. The number of carbonyl (C=O) groups is 2. The zero-order valence-electron chi connectivity index (χ0n) is 11.2. The average molecular weight is 300 g/mol. The summed E-state index contributed by atoms with van der Waals surface area (Å²) in [5, 5.41) is 8.90. The van der Waals surface area contributed by atoms with Gasteiger partial charge in [0.05, 0.1) is 11.5 Å². The van der Waals surface area contributed by atoms with E-state index in [2.05, 4.69) is 0 Å². The summed E-state index contributed by atoms with van der Waals surface area (Å²) >= 11 is 0. The average Bonchev–Trinajstić information content (AvgIpc) is 2.86. The van der Waals surface area contributed by atoms with Gasteiger partial charge in [-0.3, -0.25) is 9.59 Å². The fourth-order valence-corrected chi connectivity index (χ4v) is 2.73. The van der Waals surface area contributed by atoms with Gasteiger partial charge in [0.25, 0.3) is 0 Å². The molecule has 1 fully saturated rings. The molecule has 2 atom stereocenters. The lowest BCUT2D eigenvalue weighted by Gasteiger charge is -2.11. The molecule has 0 aromatic heterocycles. The highest BCUT2D eigenvalue weighted by Gasteiger charge is 2.33. The number of aliphatic carboxylic acids is 1. The van der Waals surface area contributed by atoms with Gasteiger partial charge in [0, 0.05) is 12.0 Å². The lowest BCUT2D eigenvalue weighted by Crippen LogP contribution is -2.12. The van der Waals surface area contributed by atoms with E-state index in [1.54, 1.807) is 0 Å². The van der Waals surface area contributed by atoms with Crippen molar-refractivity contribution >= 4 is 11.8 Å². The third-order valence-corrected chi connectivity index (χ3v) is 3.88. The summed E-state index contributed by atoms with van der Waals surface area (Å²) in [4.78, 5) is 22.9. The molecular formula is C15H15F3O3. The molecule has 1 aromatic rings. The number of Topliss-reactive ketones (excluding diaryl/α,β-unsaturated/α-hetero) is 1. The number of ketones is 1. The van der Waals surface area contributed by atoms with Crippen molar-refractivity contribution in [2.24, 2.45) is 11.8 Å². The highest BCUT2D eigenvalue weighted by atomic mass is 19.4. The molecular weight excluding hydrogens is 285 g/mol. The molecule has 1 aliphatic rings. The number of benzene rings is 1. The number of halogens is 3. The van der Waals surface area contributed by atoms with Crippen LogP contribution in [0.2, 0.25) is 0 Å². The fraction of sp³-hybridized carbons (Fsp3) is 0.467. The third-order valence-electron chi connectivity index (χ3n) is 3.88. The van der Waals surface area contributed by atoms with Crippen molar-refractivity contribution in [1.29, 1.82) is 0 Å². The molecule has 0 aliphatic heterocycles. The second kappa shape index (κ2) is 5.87. The Morgan fingerprint density at radius 3 is 2.52 bits per heavy atom. The van der Waals surface area contributed by atoms with Crippen LogP contribution in [0.15, 0.2) is 24.3 Å². The molecule has 1 N–H and O–H groups in total. The zero-order chi connectivity index (χ0) is 15.6. The van der Waals surface area contributed by atoms with Gasteiger partial charge in [0.15, 0.2) is 5.78 Å². The van der Waals surface area contributed by atoms with Gasteiger partial charge in [-0.2, -0.15) is 13.2 Å². The Morgan fingerprint density at radius 1 is 1.24 bits per heavy atom. The molecule has 1 aromatic carbocycles. The number of carbonyl (C=O) groups excluding carboxylic acids is 1. The van der Waals surface area contributed by atoms with E-state index in [1.165, 1.54) is 12.1 Å². The predicted octanol–water partition coefficient (Wildman–Crippen LogP) is 3.78. The minimum Gasteiger partial charge on any atom is -0.481 e. The van der Waals surface area contributed by atoms with Crippen LogP contribution < -0.4 is 0 Å². The number of rotatable bonds is 4. The third kappa shape index (κ3) is 3.83. The monoisotopic (exact) mass is 300 g/mol. The maximum Gasteiger partial charge on any atom is 0.416 e. The summed E-state index contributed by atoms with van der Waals surface area (Å²) in [7, 11) is 0. The van der Waals surface area contributed by atoms with E-state index >= 15 is 0 Å². The minimum absolute atomic E-state index is 0.0311. The number of carboxylic acid groups (broad SMARTS) is 1. The Labute approximate surface area is 119 Å². The second-order valence-corrected chi connectivity index (χ2v) is 5.42. The molecule has 114 valence electrons. The first kappa shape index (κ1) is 15.5. The molecule has 0 unspecified atom stereocenters. The van der Waals surface area contributed by atoms with Gasteiger partial charge >= 0.3 is 12.1 Å². The van der Waals surface area contributed by atoms with Crippen LogP contribution in [0, 0.1) is 11.8 Å². The van der Waals surface area contributed by atoms with Gasteiger partial charge in [0.1, 0.15) is 0 Å². The molecule has 21 heavy (non-hydrogen) atoms. The number of hydrogen-bond donors (Lipinski definition) is 1. The summed E-state index contributed by atoms with van der Waals surface area (Å²) in [6, 6.07) is 4.35. The fourth-order valence-electron chi connectivity index (χ4n) is 2.73. The number of carboxylic acids is 1. The van der Waals surface area contributed by atoms with Crippen LogP contribution >= 0.6 is 0 Å². The lowest BCUT2D eigenvalue weighted by molar-refractivity contribution is -0.141. The van der Waals surface area contributed by atoms with Crippen molar-refractivity contribution in [3.8, 4) is 0 Å². The van der Waals surface area contributed by atoms with Crippen molar-refractivity contribution in [3.63, 3.8) is 0 Å². The van der Waals surface area contributed by atoms with Crippen molar-refractivity contribution in [1.82, 2.24) is 0 Å². The first-order valence-electron chi connectivity index (χ1n) is 6.70. The van der Waals surface area contributed by atoms with E-state index in [4.69, 9.17) is 5.11 Å². The van der Waals surface area contributed by atoms with Crippen LogP contribution in [0.25, 0.3) is 0 Å². The Morgan fingerprint density at radius 2 is 1.95 bits per heavy atom. The Kier molecular flexibility index (Phi) is 4.34. The summed E-state index contributed by atoms with van der Waals surface area (Å²) in [6.45, 7) is 0. The van der Waals surface area contributed by atoms with Gasteiger partial charge in [-0.1, -0.05) is 12.1 Å². The smallest absolute Gasteiger partial charge is 0.416 e. The van der Waals surface area contributed by atoms with Gasteiger partial charge in [0.2, 0.25) is 0 Å². The van der Waals surface area contributed by atoms with Crippen LogP contribution in [0.1, 0.15) is 41.6 Å². The number of alkyl halides is 3. The van der Waals surface area contributed by atoms with Crippen LogP contribution in [-0.4, -0.2) is 16.9 Å². The van der Waals surface area contributed by atoms with E-state index < -0.39 is 23.6 Å². The van der Waals surface area contributed by atoms with Crippen LogP contribution in [0.4, 0.5) is 13.2 Å². The Bertz CT molecular complexity index is 551. The summed E-state index contributed by atoms with van der Waals surface area (Å²) in [5.74, 6) is -1.74. The number of hydrogen-bond acceptors (Lipinski definition) is 2. The Hall–Kier alpha value is -1.85. The van der Waals surface area contributed by atoms with E-state index in [-0.39, 0.29) is 23.7 Å². The molecule has 3 nitrogen and oxygen atoms in total. The molecule has 2 rings (SSSR count). The van der Waals surface area contributed by atoms with E-state index in [9.17, 15) is 22.8 Å². The maximum absolute atomic E-state index is 12.6. The molecule has 0 spiro atoms. The van der Waals surface area contributed by atoms with Crippen molar-refractivity contribution in [2.75, 3.05) is 0 Å². The standard InChI is InChI=1S/C15H15F3O3/c16-15(17,18)12-3-1-2-10(8-12)13(19)7-9-4-5-11(6-9)14(20)21/h1-3,8-9,11H,4-7H2,(H,20,21)/t9-,11+/m1/s1. The maximum atomic E-state index is 12.6. The van der Waals surface area contributed by atoms with Crippen molar-refractivity contribution < 1.29 is 27.9 Å². The molecule has 1 aliphatic carbocycles.